The lowest BCUT2D eigenvalue weighted by Crippen LogP contribution is -2.38. The fraction of sp³-hybridized carbons (Fsp3) is 0.296. The average Bonchev–Trinajstić information content (AvgIpc) is 3.49. The molecule has 2 aromatic carbocycles. The normalized spacial score (nSPS) is 18.0. The number of thioether (sulfide) groups is 1. The number of amides is 1. The van der Waals surface area contributed by atoms with Crippen molar-refractivity contribution in [3.63, 3.8) is 0 Å². The Labute approximate surface area is 214 Å². The Morgan fingerprint density at radius 2 is 1.92 bits per heavy atom. The van der Waals surface area contributed by atoms with Crippen molar-refractivity contribution < 1.29 is 23.8 Å². The van der Waals surface area contributed by atoms with E-state index >= 15 is 0 Å². The fourth-order valence-corrected chi connectivity index (χ4v) is 5.35. The second-order valence-corrected chi connectivity index (χ2v) is 9.50. The summed E-state index contributed by atoms with van der Waals surface area (Å²) in [6.07, 6.45) is 0.147. The molecule has 1 unspecified atom stereocenters. The van der Waals surface area contributed by atoms with Gasteiger partial charge >= 0.3 is 5.97 Å². The van der Waals surface area contributed by atoms with E-state index in [-0.39, 0.29) is 25.7 Å². The van der Waals surface area contributed by atoms with Crippen LogP contribution in [0.25, 0.3) is 0 Å². The van der Waals surface area contributed by atoms with E-state index in [1.165, 1.54) is 11.8 Å². The van der Waals surface area contributed by atoms with Crippen molar-refractivity contribution in [2.24, 2.45) is 4.99 Å². The van der Waals surface area contributed by atoms with Crippen LogP contribution in [0.15, 0.2) is 69.8 Å². The Hall–Kier alpha value is -3.72. The molecule has 0 aromatic heterocycles. The lowest BCUT2D eigenvalue weighted by atomic mass is 9.93. The molecule has 0 fully saturated rings. The molecule has 0 bridgehead atoms. The molecule has 9 heteroatoms. The maximum atomic E-state index is 13.0. The number of rotatable bonds is 7. The molecular weight excluding hydrogens is 478 g/mol. The fourth-order valence-electron chi connectivity index (χ4n) is 4.38. The molecule has 36 heavy (non-hydrogen) atoms. The van der Waals surface area contributed by atoms with Crippen LogP contribution >= 0.6 is 11.8 Å². The summed E-state index contributed by atoms with van der Waals surface area (Å²) >= 11 is 1.45. The molecule has 5 rings (SSSR count). The number of fused-ring (bicyclic) bond motifs is 2. The highest BCUT2D eigenvalue weighted by Gasteiger charge is 2.41. The van der Waals surface area contributed by atoms with Crippen molar-refractivity contribution in [2.75, 3.05) is 13.4 Å². The summed E-state index contributed by atoms with van der Waals surface area (Å²) in [5.74, 6) is 0.859. The summed E-state index contributed by atoms with van der Waals surface area (Å²) in [7, 11) is 0. The molecule has 3 aliphatic heterocycles. The molecule has 0 spiro atoms. The lowest BCUT2D eigenvalue weighted by Gasteiger charge is -2.36. The summed E-state index contributed by atoms with van der Waals surface area (Å²) in [4.78, 5) is 32.6. The largest absolute Gasteiger partial charge is 0.463 e. The van der Waals surface area contributed by atoms with Gasteiger partial charge in [-0.2, -0.15) is 0 Å². The summed E-state index contributed by atoms with van der Waals surface area (Å²) in [6.45, 7) is 6.48. The number of ether oxygens (including phenoxy) is 3. The number of benzene rings is 2. The van der Waals surface area contributed by atoms with Gasteiger partial charge in [-0.05, 0) is 49.4 Å². The van der Waals surface area contributed by atoms with Gasteiger partial charge in [-0.3, -0.25) is 4.79 Å². The summed E-state index contributed by atoms with van der Waals surface area (Å²) < 4.78 is 16.2. The Kier molecular flexibility index (Phi) is 6.73. The molecule has 186 valence electrons. The molecule has 0 radical (unpaired) electrons. The number of amidine groups is 1. The van der Waals surface area contributed by atoms with E-state index in [1.54, 1.807) is 6.92 Å². The number of nitrogens with one attached hydrogen (secondary N) is 1. The van der Waals surface area contributed by atoms with Crippen molar-refractivity contribution in [2.45, 2.75) is 39.8 Å². The van der Waals surface area contributed by atoms with Gasteiger partial charge in [0.05, 0.1) is 30.3 Å². The minimum absolute atomic E-state index is 0.132. The highest BCUT2D eigenvalue weighted by molar-refractivity contribution is 8.16. The third-order valence-electron chi connectivity index (χ3n) is 6.16. The van der Waals surface area contributed by atoms with Crippen LogP contribution in [0, 0.1) is 6.92 Å². The van der Waals surface area contributed by atoms with Gasteiger partial charge in [-0.1, -0.05) is 47.7 Å². The van der Waals surface area contributed by atoms with Gasteiger partial charge in [0, 0.05) is 12.2 Å². The van der Waals surface area contributed by atoms with E-state index in [4.69, 9.17) is 14.2 Å². The number of nitrogens with zero attached hydrogens (tertiary/aromatic N) is 2. The SMILES string of the molecule is CCOC(=O)C1=C(C)N=C2SC=C(CC(=O)NCc3ccc4c(c3)OCO4)N2C1c1ccc(C)cc1. The van der Waals surface area contributed by atoms with Crippen molar-refractivity contribution in [3.8, 4) is 11.5 Å². The zero-order chi connectivity index (χ0) is 25.2. The first-order valence-electron chi connectivity index (χ1n) is 11.8. The quantitative estimate of drug-likeness (QED) is 0.552. The van der Waals surface area contributed by atoms with Gasteiger partial charge in [-0.15, -0.1) is 0 Å². The summed E-state index contributed by atoms with van der Waals surface area (Å²) in [5.41, 5.74) is 4.87. The average molecular weight is 506 g/mol. The Bertz CT molecular complexity index is 1300. The number of hydrogen-bond donors (Lipinski definition) is 1. The van der Waals surface area contributed by atoms with Crippen LogP contribution in [0.4, 0.5) is 0 Å². The highest BCUT2D eigenvalue weighted by Crippen LogP contribution is 2.44. The number of esters is 1. The zero-order valence-corrected chi connectivity index (χ0v) is 21.2. The van der Waals surface area contributed by atoms with Crippen LogP contribution in [0.3, 0.4) is 0 Å². The van der Waals surface area contributed by atoms with Gasteiger partial charge in [0.15, 0.2) is 16.7 Å². The van der Waals surface area contributed by atoms with Crippen LogP contribution < -0.4 is 14.8 Å². The zero-order valence-electron chi connectivity index (χ0n) is 20.4. The van der Waals surface area contributed by atoms with E-state index in [2.05, 4.69) is 10.3 Å². The monoisotopic (exact) mass is 505 g/mol. The minimum Gasteiger partial charge on any atom is -0.463 e. The maximum absolute atomic E-state index is 13.0. The van der Waals surface area contributed by atoms with Crippen LogP contribution in [-0.2, 0) is 20.9 Å². The maximum Gasteiger partial charge on any atom is 0.338 e. The van der Waals surface area contributed by atoms with Gasteiger partial charge < -0.3 is 24.4 Å². The molecule has 2 aromatic rings. The standard InChI is InChI=1S/C27H27N3O5S/c1-4-33-26(32)24-17(3)29-27-30(25(24)19-8-5-16(2)6-9-19)20(14-36-27)12-23(31)28-13-18-7-10-21-22(11-18)35-15-34-21/h5-11,14,25H,4,12-13,15H2,1-3H3,(H,28,31). The molecule has 1 atom stereocenters. The van der Waals surface area contributed by atoms with Gasteiger partial charge in [0.25, 0.3) is 0 Å². The molecule has 3 heterocycles. The van der Waals surface area contributed by atoms with E-state index in [1.807, 2.05) is 66.6 Å². The van der Waals surface area contributed by atoms with Crippen LogP contribution in [0.1, 0.15) is 43.0 Å². The number of carbonyl (C=O) groups is 2. The predicted octanol–water partition coefficient (Wildman–Crippen LogP) is 4.57. The third kappa shape index (κ3) is 4.70. The number of allylic oxidation sites excluding steroid dienone is 1. The Morgan fingerprint density at radius 1 is 1.14 bits per heavy atom. The Balaban J connectivity index is 1.36. The van der Waals surface area contributed by atoms with Crippen molar-refractivity contribution in [1.82, 2.24) is 10.2 Å². The third-order valence-corrected chi connectivity index (χ3v) is 7.05. The van der Waals surface area contributed by atoms with Gasteiger partial charge in [0.2, 0.25) is 12.7 Å². The second kappa shape index (κ2) is 10.1. The summed E-state index contributed by atoms with van der Waals surface area (Å²) in [6, 6.07) is 13.2. The molecule has 1 amide bonds. The van der Waals surface area contributed by atoms with Crippen molar-refractivity contribution in [1.29, 1.82) is 0 Å². The van der Waals surface area contributed by atoms with Gasteiger partial charge in [0.1, 0.15) is 0 Å². The Morgan fingerprint density at radius 3 is 2.69 bits per heavy atom. The molecule has 0 aliphatic carbocycles. The minimum atomic E-state index is -0.431. The first kappa shape index (κ1) is 24.0. The highest BCUT2D eigenvalue weighted by atomic mass is 32.2. The molecule has 0 saturated heterocycles. The predicted molar refractivity (Wildman–Crippen MR) is 137 cm³/mol. The number of carbonyl (C=O) groups excluding carboxylic acids is 2. The van der Waals surface area contributed by atoms with Crippen molar-refractivity contribution in [3.05, 3.63) is 81.5 Å². The van der Waals surface area contributed by atoms with E-state index in [9.17, 15) is 9.59 Å². The van der Waals surface area contributed by atoms with Crippen LogP contribution in [0.5, 0.6) is 11.5 Å². The number of aliphatic imine (C=N–C) groups is 1. The first-order chi connectivity index (χ1) is 17.4. The second-order valence-electron chi connectivity index (χ2n) is 8.67. The topological polar surface area (TPSA) is 89.5 Å². The molecule has 3 aliphatic rings. The smallest absolute Gasteiger partial charge is 0.338 e. The van der Waals surface area contributed by atoms with E-state index < -0.39 is 12.0 Å². The first-order valence-corrected chi connectivity index (χ1v) is 12.7. The molecular formula is C27H27N3O5S. The van der Waals surface area contributed by atoms with Crippen molar-refractivity contribution >= 4 is 28.8 Å². The lowest BCUT2D eigenvalue weighted by molar-refractivity contribution is -0.139. The van der Waals surface area contributed by atoms with Crippen LogP contribution in [0.2, 0.25) is 0 Å². The van der Waals surface area contributed by atoms with E-state index in [0.717, 1.165) is 27.6 Å². The number of hydrogen-bond acceptors (Lipinski definition) is 8. The van der Waals surface area contributed by atoms with E-state index in [0.29, 0.717) is 29.3 Å². The van der Waals surface area contributed by atoms with Crippen LogP contribution in [-0.4, -0.2) is 35.3 Å². The van der Waals surface area contributed by atoms with Gasteiger partial charge in [-0.25, -0.2) is 9.79 Å². The molecule has 1 N–H and O–H groups in total. The molecule has 8 nitrogen and oxygen atoms in total. The summed E-state index contributed by atoms with van der Waals surface area (Å²) in [5, 5.41) is 5.65. The molecule has 0 saturated carbocycles. The number of aryl methyl sites for hydroxylation is 1.